The number of carbonyl (C=O) groups is 2. The van der Waals surface area contributed by atoms with Crippen molar-refractivity contribution in [3.05, 3.63) is 0 Å². The minimum Gasteiger partial charge on any atom is -0.353 e. The fourth-order valence-electron chi connectivity index (χ4n) is 2.30. The van der Waals surface area contributed by atoms with E-state index in [0.29, 0.717) is 5.13 Å². The average Bonchev–Trinajstić information content (AvgIpc) is 3.18. The van der Waals surface area contributed by atoms with Crippen LogP contribution in [0.1, 0.15) is 53.4 Å². The molecule has 1 N–H and O–H groups in total. The summed E-state index contributed by atoms with van der Waals surface area (Å²) >= 11 is 2.77. The Morgan fingerprint density at radius 3 is 2.65 bits per heavy atom. The van der Waals surface area contributed by atoms with Crippen LogP contribution in [-0.2, 0) is 9.59 Å². The van der Waals surface area contributed by atoms with E-state index < -0.39 is 0 Å². The van der Waals surface area contributed by atoms with E-state index in [9.17, 15) is 9.59 Å². The Bertz CT molecular complexity index is 559. The van der Waals surface area contributed by atoms with Crippen LogP contribution in [0, 0.1) is 0 Å². The van der Waals surface area contributed by atoms with Gasteiger partial charge in [-0.05, 0) is 33.1 Å². The summed E-state index contributed by atoms with van der Waals surface area (Å²) in [6, 6.07) is 0.456. The molecule has 1 fully saturated rings. The molecule has 0 aromatic carbocycles. The molecule has 2 amide bonds. The number of aromatic nitrogens is 2. The summed E-state index contributed by atoms with van der Waals surface area (Å²) in [6.45, 7) is 7.54. The lowest BCUT2D eigenvalue weighted by Gasteiger charge is -2.16. The average molecular weight is 357 g/mol. The Morgan fingerprint density at radius 1 is 1.39 bits per heavy atom. The van der Waals surface area contributed by atoms with Gasteiger partial charge in [-0.3, -0.25) is 14.5 Å². The van der Waals surface area contributed by atoms with E-state index >= 15 is 0 Å². The molecule has 8 heteroatoms. The fourth-order valence-corrected chi connectivity index (χ4v) is 4.41. The largest absolute Gasteiger partial charge is 0.353 e. The monoisotopic (exact) mass is 356 g/mol. The maximum absolute atomic E-state index is 12.2. The van der Waals surface area contributed by atoms with Crippen LogP contribution >= 0.6 is 23.1 Å². The Labute approximate surface area is 145 Å². The van der Waals surface area contributed by atoms with Crippen LogP contribution in [0.2, 0.25) is 0 Å². The molecule has 1 heterocycles. The van der Waals surface area contributed by atoms with E-state index in [4.69, 9.17) is 0 Å². The summed E-state index contributed by atoms with van der Waals surface area (Å²) in [5, 5.41) is 11.7. The number of nitrogens with zero attached hydrogens (tertiary/aromatic N) is 3. The van der Waals surface area contributed by atoms with Gasteiger partial charge in [0.15, 0.2) is 4.34 Å². The highest BCUT2D eigenvalue weighted by Crippen LogP contribution is 2.36. The van der Waals surface area contributed by atoms with Crippen molar-refractivity contribution in [3.63, 3.8) is 0 Å². The second-order valence-electron chi connectivity index (χ2n) is 5.93. The molecule has 1 aliphatic rings. The lowest BCUT2D eigenvalue weighted by atomic mass is 10.2. The van der Waals surface area contributed by atoms with Crippen molar-refractivity contribution < 1.29 is 9.59 Å². The zero-order chi connectivity index (χ0) is 17.0. The summed E-state index contributed by atoms with van der Waals surface area (Å²) in [5.41, 5.74) is 0. The molecule has 0 spiro atoms. The van der Waals surface area contributed by atoms with E-state index in [2.05, 4.69) is 22.4 Å². The van der Waals surface area contributed by atoms with Crippen LogP contribution in [0.25, 0.3) is 0 Å². The Morgan fingerprint density at radius 2 is 2.09 bits per heavy atom. The van der Waals surface area contributed by atoms with Gasteiger partial charge in [-0.2, -0.15) is 0 Å². The lowest BCUT2D eigenvalue weighted by Crippen LogP contribution is -2.37. The molecule has 2 rings (SSSR count). The van der Waals surface area contributed by atoms with Gasteiger partial charge in [-0.15, -0.1) is 10.2 Å². The smallest absolute Gasteiger partial charge is 0.233 e. The van der Waals surface area contributed by atoms with Gasteiger partial charge in [0.05, 0.1) is 5.25 Å². The van der Waals surface area contributed by atoms with E-state index in [1.54, 1.807) is 11.8 Å². The lowest BCUT2D eigenvalue weighted by molar-refractivity contribution is -0.121. The number of hydrogen-bond acceptors (Lipinski definition) is 6. The highest BCUT2D eigenvalue weighted by atomic mass is 32.2. The number of rotatable bonds is 8. The first-order chi connectivity index (χ1) is 10.9. The molecule has 128 valence electrons. The predicted octanol–water partition coefficient (Wildman–Crippen LogP) is 2.84. The first-order valence-electron chi connectivity index (χ1n) is 8.02. The molecule has 6 nitrogen and oxygen atoms in total. The maximum Gasteiger partial charge on any atom is 0.233 e. The van der Waals surface area contributed by atoms with Crippen LogP contribution in [-0.4, -0.2) is 39.3 Å². The van der Waals surface area contributed by atoms with Gasteiger partial charge < -0.3 is 5.32 Å². The molecule has 1 aromatic rings. The summed E-state index contributed by atoms with van der Waals surface area (Å²) < 4.78 is 0.720. The Hall–Kier alpha value is -1.15. The van der Waals surface area contributed by atoms with Gasteiger partial charge in [-0.1, -0.05) is 36.4 Å². The van der Waals surface area contributed by atoms with Crippen LogP contribution < -0.4 is 10.2 Å². The van der Waals surface area contributed by atoms with Crippen molar-refractivity contribution in [1.82, 2.24) is 15.5 Å². The van der Waals surface area contributed by atoms with Crippen molar-refractivity contribution >= 4 is 40.0 Å². The standard InChI is InChI=1S/C15H24N4O2S2/c1-5-6-9(2)16-13(21)10(3)22-15-18-17-14(23-15)19(11(4)20)12-7-8-12/h9-10,12H,5-8H2,1-4H3,(H,16,21). The fraction of sp³-hybridized carbons (Fsp3) is 0.733. The van der Waals surface area contributed by atoms with Gasteiger partial charge >= 0.3 is 0 Å². The zero-order valence-electron chi connectivity index (χ0n) is 14.0. The first-order valence-corrected chi connectivity index (χ1v) is 9.72. The summed E-state index contributed by atoms with van der Waals surface area (Å²) in [7, 11) is 0. The van der Waals surface area contributed by atoms with Crippen molar-refractivity contribution in [2.75, 3.05) is 4.90 Å². The Kier molecular flexibility index (Phi) is 6.41. The maximum atomic E-state index is 12.2. The van der Waals surface area contributed by atoms with Gasteiger partial charge in [-0.25, -0.2) is 0 Å². The predicted molar refractivity (Wildman–Crippen MR) is 93.9 cm³/mol. The quantitative estimate of drug-likeness (QED) is 0.572. The van der Waals surface area contributed by atoms with Crippen LogP contribution in [0.15, 0.2) is 4.34 Å². The number of hydrogen-bond donors (Lipinski definition) is 1. The molecule has 2 atom stereocenters. The normalized spacial score (nSPS) is 16.7. The van der Waals surface area contributed by atoms with E-state index in [1.807, 2.05) is 13.8 Å². The third-order valence-electron chi connectivity index (χ3n) is 3.61. The van der Waals surface area contributed by atoms with Gasteiger partial charge in [0.25, 0.3) is 0 Å². The van der Waals surface area contributed by atoms with Crippen molar-refractivity contribution in [2.24, 2.45) is 0 Å². The third kappa shape index (κ3) is 5.17. The van der Waals surface area contributed by atoms with Crippen LogP contribution in [0.3, 0.4) is 0 Å². The molecule has 23 heavy (non-hydrogen) atoms. The Balaban J connectivity index is 1.93. The van der Waals surface area contributed by atoms with Crippen molar-refractivity contribution in [1.29, 1.82) is 0 Å². The minimum atomic E-state index is -0.234. The second-order valence-corrected chi connectivity index (χ2v) is 8.47. The van der Waals surface area contributed by atoms with Crippen molar-refractivity contribution in [3.8, 4) is 0 Å². The molecule has 0 bridgehead atoms. The molecular weight excluding hydrogens is 332 g/mol. The molecular formula is C15H24N4O2S2. The molecule has 0 radical (unpaired) electrons. The van der Waals surface area contributed by atoms with Crippen LogP contribution in [0.5, 0.6) is 0 Å². The highest BCUT2D eigenvalue weighted by Gasteiger charge is 2.34. The number of nitrogens with one attached hydrogen (secondary N) is 1. The van der Waals surface area contributed by atoms with Crippen molar-refractivity contribution in [2.45, 2.75) is 75.1 Å². The molecule has 1 aromatic heterocycles. The number of thioether (sulfide) groups is 1. The van der Waals surface area contributed by atoms with E-state index in [1.165, 1.54) is 23.1 Å². The summed E-state index contributed by atoms with van der Waals surface area (Å²) in [5.74, 6) is 0.0118. The number of carbonyl (C=O) groups excluding carboxylic acids is 2. The van der Waals surface area contributed by atoms with E-state index in [-0.39, 0.29) is 29.1 Å². The number of amides is 2. The van der Waals surface area contributed by atoms with Gasteiger partial charge in [0.1, 0.15) is 0 Å². The summed E-state index contributed by atoms with van der Waals surface area (Å²) in [4.78, 5) is 25.6. The molecule has 0 aliphatic heterocycles. The molecule has 1 saturated carbocycles. The SMILES string of the molecule is CCCC(C)NC(=O)C(C)Sc1nnc(N(C(C)=O)C2CC2)s1. The topological polar surface area (TPSA) is 75.2 Å². The second kappa shape index (κ2) is 8.10. The van der Waals surface area contributed by atoms with Gasteiger partial charge in [0, 0.05) is 19.0 Å². The molecule has 0 saturated heterocycles. The van der Waals surface area contributed by atoms with E-state index in [0.717, 1.165) is 30.0 Å². The number of anilines is 1. The molecule has 2 unspecified atom stereocenters. The molecule has 1 aliphatic carbocycles. The third-order valence-corrected chi connectivity index (χ3v) is 5.72. The van der Waals surface area contributed by atoms with Crippen LogP contribution in [0.4, 0.5) is 5.13 Å². The highest BCUT2D eigenvalue weighted by molar-refractivity contribution is 8.02. The summed E-state index contributed by atoms with van der Waals surface area (Å²) in [6.07, 6.45) is 4.07. The van der Waals surface area contributed by atoms with Gasteiger partial charge in [0.2, 0.25) is 16.9 Å². The first kappa shape index (κ1) is 18.2. The minimum absolute atomic E-state index is 0.000572. The zero-order valence-corrected chi connectivity index (χ0v) is 15.7.